The van der Waals surface area contributed by atoms with Gasteiger partial charge >= 0.3 is 0 Å². The molecule has 0 saturated carbocycles. The Morgan fingerprint density at radius 1 is 0.880 bits per heavy atom. The maximum absolute atomic E-state index is 6.31. The van der Waals surface area contributed by atoms with Crippen LogP contribution in [-0.4, -0.2) is 14.8 Å². The van der Waals surface area contributed by atoms with Crippen LogP contribution in [0.1, 0.15) is 0 Å². The molecule has 0 unspecified atom stereocenters. The molecule has 0 radical (unpaired) electrons. The minimum atomic E-state index is 0.561. The molecule has 0 spiro atoms. The van der Waals surface area contributed by atoms with Crippen LogP contribution in [0, 0.1) is 0 Å². The Labute approximate surface area is 148 Å². The molecule has 2 aromatic heterocycles. The van der Waals surface area contributed by atoms with E-state index < -0.39 is 0 Å². The zero-order chi connectivity index (χ0) is 16.8. The summed E-state index contributed by atoms with van der Waals surface area (Å²) in [4.78, 5) is 4.53. The maximum Gasteiger partial charge on any atom is 0.230 e. The molecule has 2 heterocycles. The number of aromatic nitrogens is 3. The third kappa shape index (κ3) is 2.30. The zero-order valence-corrected chi connectivity index (χ0v) is 13.8. The second-order valence-corrected chi connectivity index (χ2v) is 6.18. The van der Waals surface area contributed by atoms with Crippen molar-refractivity contribution in [1.29, 1.82) is 0 Å². The molecule has 120 valence electrons. The number of benzene rings is 3. The van der Waals surface area contributed by atoms with Gasteiger partial charge in [0.15, 0.2) is 5.58 Å². The highest BCUT2D eigenvalue weighted by Crippen LogP contribution is 2.30. The van der Waals surface area contributed by atoms with E-state index in [2.05, 4.69) is 10.1 Å². The van der Waals surface area contributed by atoms with Crippen LogP contribution >= 0.6 is 11.6 Å². The quantitative estimate of drug-likeness (QED) is 0.425. The van der Waals surface area contributed by atoms with Crippen LogP contribution in [0.3, 0.4) is 0 Å². The van der Waals surface area contributed by atoms with Gasteiger partial charge in [-0.05, 0) is 24.3 Å². The lowest BCUT2D eigenvalue weighted by molar-refractivity contribution is 0.620. The van der Waals surface area contributed by atoms with Crippen LogP contribution in [0.2, 0.25) is 5.02 Å². The summed E-state index contributed by atoms with van der Waals surface area (Å²) in [6.07, 6.45) is 3.68. The number of fused-ring (bicyclic) bond motifs is 2. The van der Waals surface area contributed by atoms with Gasteiger partial charge in [-0.1, -0.05) is 48.0 Å². The first kappa shape index (κ1) is 14.3. The molecule has 0 N–H and O–H groups in total. The first-order valence-electron chi connectivity index (χ1n) is 7.88. The summed E-state index contributed by atoms with van der Waals surface area (Å²) >= 11 is 6.31. The molecule has 0 saturated heterocycles. The van der Waals surface area contributed by atoms with Crippen molar-refractivity contribution in [3.05, 3.63) is 78.1 Å². The predicted octanol–water partition coefficient (Wildman–Crippen LogP) is 5.49. The van der Waals surface area contributed by atoms with Gasteiger partial charge in [-0.15, -0.1) is 0 Å². The highest BCUT2D eigenvalue weighted by Gasteiger charge is 2.12. The van der Waals surface area contributed by atoms with Crippen LogP contribution in [-0.2, 0) is 0 Å². The number of para-hydroxylation sites is 2. The lowest BCUT2D eigenvalue weighted by Crippen LogP contribution is -1.95. The van der Waals surface area contributed by atoms with E-state index in [1.165, 1.54) is 0 Å². The molecule has 4 nitrogen and oxygen atoms in total. The Kier molecular flexibility index (Phi) is 3.11. The molecule has 0 bridgehead atoms. The Bertz CT molecular complexity index is 1190. The second-order valence-electron chi connectivity index (χ2n) is 5.77. The summed E-state index contributed by atoms with van der Waals surface area (Å²) in [7, 11) is 0. The fraction of sp³-hybridized carbons (Fsp3) is 0. The van der Waals surface area contributed by atoms with Gasteiger partial charge in [-0.3, -0.25) is 0 Å². The highest BCUT2D eigenvalue weighted by atomic mass is 35.5. The number of oxazole rings is 1. The van der Waals surface area contributed by atoms with E-state index in [9.17, 15) is 0 Å². The fourth-order valence-corrected chi connectivity index (χ4v) is 3.23. The average molecular weight is 346 g/mol. The largest absolute Gasteiger partial charge is 0.436 e. The Morgan fingerprint density at radius 2 is 1.68 bits per heavy atom. The molecule has 0 amide bonds. The predicted molar refractivity (Wildman–Crippen MR) is 99.1 cm³/mol. The van der Waals surface area contributed by atoms with Crippen molar-refractivity contribution in [1.82, 2.24) is 14.8 Å². The molecular weight excluding hydrogens is 334 g/mol. The number of nitrogens with zero attached hydrogens (tertiary/aromatic N) is 3. The lowest BCUT2D eigenvalue weighted by atomic mass is 10.1. The Balaban J connectivity index is 1.65. The van der Waals surface area contributed by atoms with E-state index in [1.807, 2.05) is 71.5 Å². The summed E-state index contributed by atoms with van der Waals surface area (Å²) in [5, 5.41) is 7.26. The van der Waals surface area contributed by atoms with Crippen molar-refractivity contribution in [2.24, 2.45) is 0 Å². The smallest absolute Gasteiger partial charge is 0.230 e. The summed E-state index contributed by atoms with van der Waals surface area (Å²) in [6, 6.07) is 19.6. The number of halogens is 1. The molecule has 5 heteroatoms. The van der Waals surface area contributed by atoms with Crippen LogP contribution in [0.15, 0.2) is 77.5 Å². The summed E-state index contributed by atoms with van der Waals surface area (Å²) in [5.74, 6) is 0.561. The van der Waals surface area contributed by atoms with Gasteiger partial charge < -0.3 is 4.42 Å². The van der Waals surface area contributed by atoms with Crippen molar-refractivity contribution in [3.8, 4) is 17.1 Å². The second kappa shape index (κ2) is 5.46. The van der Waals surface area contributed by atoms with Gasteiger partial charge in [-0.2, -0.15) is 5.10 Å². The minimum absolute atomic E-state index is 0.561. The monoisotopic (exact) mass is 345 g/mol. The molecule has 0 atom stereocenters. The highest BCUT2D eigenvalue weighted by molar-refractivity contribution is 6.35. The molecule has 5 rings (SSSR count). The third-order valence-corrected chi connectivity index (χ3v) is 4.55. The van der Waals surface area contributed by atoms with E-state index in [-0.39, 0.29) is 0 Å². The van der Waals surface area contributed by atoms with Crippen molar-refractivity contribution in [3.63, 3.8) is 0 Å². The Morgan fingerprint density at radius 3 is 2.56 bits per heavy atom. The van der Waals surface area contributed by atoms with Gasteiger partial charge in [0.1, 0.15) is 5.52 Å². The van der Waals surface area contributed by atoms with Crippen LogP contribution in [0.25, 0.3) is 39.0 Å². The first-order chi connectivity index (χ1) is 12.3. The van der Waals surface area contributed by atoms with Gasteiger partial charge in [-0.25, -0.2) is 9.67 Å². The Hall–Kier alpha value is -3.11. The van der Waals surface area contributed by atoms with E-state index in [4.69, 9.17) is 16.0 Å². The standard InChI is InChI=1S/C20H12ClN3O/c21-16-9-10-18(15-6-2-1-5-14(15)16)24-12-13(11-22-24)20-23-17-7-3-4-8-19(17)25-20/h1-12H. The van der Waals surface area contributed by atoms with E-state index >= 15 is 0 Å². The summed E-state index contributed by atoms with van der Waals surface area (Å²) in [6.45, 7) is 0. The molecule has 0 aliphatic heterocycles. The van der Waals surface area contributed by atoms with Gasteiger partial charge in [0.05, 0.1) is 17.4 Å². The molecule has 3 aromatic carbocycles. The third-order valence-electron chi connectivity index (χ3n) is 4.22. The van der Waals surface area contributed by atoms with E-state index in [0.717, 1.165) is 38.1 Å². The van der Waals surface area contributed by atoms with E-state index in [1.54, 1.807) is 6.20 Å². The first-order valence-corrected chi connectivity index (χ1v) is 8.26. The van der Waals surface area contributed by atoms with Crippen LogP contribution < -0.4 is 0 Å². The topological polar surface area (TPSA) is 43.9 Å². The molecule has 0 aliphatic carbocycles. The number of hydrogen-bond acceptors (Lipinski definition) is 3. The maximum atomic E-state index is 6.31. The van der Waals surface area contributed by atoms with Gasteiger partial charge in [0.2, 0.25) is 5.89 Å². The molecule has 0 fully saturated rings. The lowest BCUT2D eigenvalue weighted by Gasteiger charge is -2.07. The van der Waals surface area contributed by atoms with E-state index in [0.29, 0.717) is 5.89 Å². The number of hydrogen-bond donors (Lipinski definition) is 0. The van der Waals surface area contributed by atoms with Gasteiger partial charge in [0, 0.05) is 22.0 Å². The minimum Gasteiger partial charge on any atom is -0.436 e. The average Bonchev–Trinajstić information content (AvgIpc) is 3.29. The normalized spacial score (nSPS) is 11.4. The van der Waals surface area contributed by atoms with Crippen molar-refractivity contribution < 1.29 is 4.42 Å². The van der Waals surface area contributed by atoms with Crippen LogP contribution in [0.5, 0.6) is 0 Å². The zero-order valence-electron chi connectivity index (χ0n) is 13.1. The van der Waals surface area contributed by atoms with Crippen molar-refractivity contribution in [2.75, 3.05) is 0 Å². The molecular formula is C20H12ClN3O. The molecule has 0 aliphatic rings. The van der Waals surface area contributed by atoms with Crippen molar-refractivity contribution in [2.45, 2.75) is 0 Å². The molecule has 25 heavy (non-hydrogen) atoms. The molecule has 5 aromatic rings. The fourth-order valence-electron chi connectivity index (χ4n) is 3.01. The van der Waals surface area contributed by atoms with Crippen LogP contribution in [0.4, 0.5) is 0 Å². The summed E-state index contributed by atoms with van der Waals surface area (Å²) in [5.41, 5.74) is 3.39. The summed E-state index contributed by atoms with van der Waals surface area (Å²) < 4.78 is 7.65. The SMILES string of the molecule is Clc1ccc(-n2cc(-c3nc4ccccc4o3)cn2)c2ccccc12. The number of rotatable bonds is 2. The van der Waals surface area contributed by atoms with Gasteiger partial charge in [0.25, 0.3) is 0 Å². The van der Waals surface area contributed by atoms with Crippen molar-refractivity contribution >= 4 is 33.5 Å².